The van der Waals surface area contributed by atoms with Crippen LogP contribution in [0.3, 0.4) is 0 Å². The van der Waals surface area contributed by atoms with Crippen molar-refractivity contribution < 1.29 is 4.79 Å². The predicted molar refractivity (Wildman–Crippen MR) is 69.0 cm³/mol. The molecule has 2 rings (SSSR count). The number of carbonyl (C=O) groups excluding carboxylic acids is 1. The van der Waals surface area contributed by atoms with Crippen molar-refractivity contribution in [1.82, 2.24) is 9.97 Å². The van der Waals surface area contributed by atoms with Crippen LogP contribution in [0.4, 0.5) is 5.13 Å². The van der Waals surface area contributed by atoms with E-state index in [2.05, 4.69) is 15.3 Å². The third-order valence-electron chi connectivity index (χ3n) is 2.24. The highest BCUT2D eigenvalue weighted by molar-refractivity contribution is 7.19. The zero-order chi connectivity index (χ0) is 12.3. The number of hydrogen-bond donors (Lipinski definition) is 1. The third kappa shape index (κ3) is 2.68. The zero-order valence-corrected chi connectivity index (χ0v) is 10.5. The SMILES string of the molecule is CCc1nc(NC(C)=O)sc1-c1cccnc1. The van der Waals surface area contributed by atoms with Crippen molar-refractivity contribution >= 4 is 22.4 Å². The van der Waals surface area contributed by atoms with Crippen LogP contribution in [0.2, 0.25) is 0 Å². The first-order chi connectivity index (χ1) is 8.20. The van der Waals surface area contributed by atoms with Crippen LogP contribution in [-0.2, 0) is 11.2 Å². The Morgan fingerprint density at radius 1 is 1.53 bits per heavy atom. The molecule has 0 saturated heterocycles. The largest absolute Gasteiger partial charge is 0.302 e. The summed E-state index contributed by atoms with van der Waals surface area (Å²) in [6.07, 6.45) is 4.38. The Hall–Kier alpha value is -1.75. The summed E-state index contributed by atoms with van der Waals surface area (Å²) in [5.74, 6) is -0.0980. The quantitative estimate of drug-likeness (QED) is 0.907. The van der Waals surface area contributed by atoms with Gasteiger partial charge < -0.3 is 5.32 Å². The summed E-state index contributed by atoms with van der Waals surface area (Å²) in [6, 6.07) is 3.89. The summed E-state index contributed by atoms with van der Waals surface area (Å²) in [5.41, 5.74) is 2.03. The van der Waals surface area contributed by atoms with Gasteiger partial charge in [-0.3, -0.25) is 9.78 Å². The van der Waals surface area contributed by atoms with Crippen LogP contribution in [-0.4, -0.2) is 15.9 Å². The van der Waals surface area contributed by atoms with Crippen LogP contribution in [0.25, 0.3) is 10.4 Å². The molecule has 1 amide bonds. The summed E-state index contributed by atoms with van der Waals surface area (Å²) >= 11 is 1.48. The number of pyridine rings is 1. The van der Waals surface area contributed by atoms with E-state index in [0.717, 1.165) is 22.6 Å². The molecule has 0 unspecified atom stereocenters. The van der Waals surface area contributed by atoms with Crippen LogP contribution < -0.4 is 5.32 Å². The van der Waals surface area contributed by atoms with Crippen molar-refractivity contribution in [1.29, 1.82) is 0 Å². The molecule has 0 aliphatic carbocycles. The molecule has 0 aromatic carbocycles. The first-order valence-electron chi connectivity index (χ1n) is 5.38. The molecular weight excluding hydrogens is 234 g/mol. The molecule has 5 heteroatoms. The van der Waals surface area contributed by atoms with Crippen molar-refractivity contribution in [2.24, 2.45) is 0 Å². The van der Waals surface area contributed by atoms with Crippen LogP contribution >= 0.6 is 11.3 Å². The Kier molecular flexibility index (Phi) is 3.49. The number of rotatable bonds is 3. The number of aromatic nitrogens is 2. The lowest BCUT2D eigenvalue weighted by molar-refractivity contribution is -0.114. The topological polar surface area (TPSA) is 54.9 Å². The van der Waals surface area contributed by atoms with E-state index in [9.17, 15) is 4.79 Å². The maximum atomic E-state index is 11.0. The fraction of sp³-hybridized carbons (Fsp3) is 0.250. The number of carbonyl (C=O) groups is 1. The Labute approximate surface area is 104 Å². The van der Waals surface area contributed by atoms with E-state index < -0.39 is 0 Å². The van der Waals surface area contributed by atoms with Gasteiger partial charge in [0.15, 0.2) is 5.13 Å². The van der Waals surface area contributed by atoms with Crippen LogP contribution in [0.1, 0.15) is 19.5 Å². The monoisotopic (exact) mass is 247 g/mol. The number of nitrogens with one attached hydrogen (secondary N) is 1. The minimum Gasteiger partial charge on any atom is -0.302 e. The van der Waals surface area contributed by atoms with E-state index in [0.29, 0.717) is 5.13 Å². The number of hydrogen-bond acceptors (Lipinski definition) is 4. The number of nitrogens with zero attached hydrogens (tertiary/aromatic N) is 2. The normalized spacial score (nSPS) is 10.2. The average molecular weight is 247 g/mol. The van der Waals surface area contributed by atoms with Gasteiger partial charge in [-0.05, 0) is 12.5 Å². The van der Waals surface area contributed by atoms with Crippen LogP contribution in [0.5, 0.6) is 0 Å². The molecule has 1 N–H and O–H groups in total. The molecule has 4 nitrogen and oxygen atoms in total. The van der Waals surface area contributed by atoms with Crippen molar-refractivity contribution in [3.05, 3.63) is 30.2 Å². The lowest BCUT2D eigenvalue weighted by atomic mass is 10.2. The molecular formula is C12H13N3OS. The van der Waals surface area contributed by atoms with E-state index in [-0.39, 0.29) is 5.91 Å². The molecule has 0 spiro atoms. The molecule has 0 atom stereocenters. The number of amides is 1. The maximum absolute atomic E-state index is 11.0. The lowest BCUT2D eigenvalue weighted by Gasteiger charge is -1.97. The van der Waals surface area contributed by atoms with Gasteiger partial charge in [0.1, 0.15) is 0 Å². The molecule has 2 heterocycles. The van der Waals surface area contributed by atoms with Gasteiger partial charge in [-0.15, -0.1) is 0 Å². The van der Waals surface area contributed by atoms with Crippen molar-refractivity contribution in [3.63, 3.8) is 0 Å². The summed E-state index contributed by atoms with van der Waals surface area (Å²) in [4.78, 5) is 20.6. The van der Waals surface area contributed by atoms with Gasteiger partial charge in [0.2, 0.25) is 5.91 Å². The Morgan fingerprint density at radius 3 is 2.94 bits per heavy atom. The standard InChI is InChI=1S/C12H13N3OS/c1-3-10-11(9-5-4-6-13-7-9)17-12(15-10)14-8(2)16/h4-7H,3H2,1-2H3,(H,14,15,16). The molecule has 17 heavy (non-hydrogen) atoms. The van der Waals surface area contributed by atoms with E-state index >= 15 is 0 Å². The maximum Gasteiger partial charge on any atom is 0.223 e. The minimum absolute atomic E-state index is 0.0980. The van der Waals surface area contributed by atoms with E-state index in [4.69, 9.17) is 0 Å². The highest BCUT2D eigenvalue weighted by Gasteiger charge is 2.12. The Bertz CT molecular complexity index is 522. The first-order valence-corrected chi connectivity index (χ1v) is 6.20. The van der Waals surface area contributed by atoms with E-state index in [1.807, 2.05) is 25.3 Å². The molecule has 0 aliphatic rings. The van der Waals surface area contributed by atoms with Gasteiger partial charge in [0.05, 0.1) is 10.6 Å². The van der Waals surface area contributed by atoms with Gasteiger partial charge in [0, 0.05) is 24.9 Å². The van der Waals surface area contributed by atoms with Crippen molar-refractivity contribution in [3.8, 4) is 10.4 Å². The Morgan fingerprint density at radius 2 is 2.35 bits per heavy atom. The van der Waals surface area contributed by atoms with Crippen LogP contribution in [0.15, 0.2) is 24.5 Å². The molecule has 0 aliphatic heterocycles. The van der Waals surface area contributed by atoms with E-state index in [1.54, 1.807) is 6.20 Å². The lowest BCUT2D eigenvalue weighted by Crippen LogP contribution is -2.05. The van der Waals surface area contributed by atoms with Crippen molar-refractivity contribution in [2.75, 3.05) is 5.32 Å². The Balaban J connectivity index is 2.39. The molecule has 2 aromatic rings. The predicted octanol–water partition coefficient (Wildman–Crippen LogP) is 2.73. The molecule has 88 valence electrons. The molecule has 0 fully saturated rings. The number of anilines is 1. The number of thiazole rings is 1. The minimum atomic E-state index is -0.0980. The first kappa shape index (κ1) is 11.7. The third-order valence-corrected chi connectivity index (χ3v) is 3.30. The highest BCUT2D eigenvalue weighted by atomic mass is 32.1. The zero-order valence-electron chi connectivity index (χ0n) is 9.73. The smallest absolute Gasteiger partial charge is 0.223 e. The van der Waals surface area contributed by atoms with Gasteiger partial charge in [0.25, 0.3) is 0 Å². The fourth-order valence-electron chi connectivity index (χ4n) is 1.52. The van der Waals surface area contributed by atoms with Crippen LogP contribution in [0, 0.1) is 0 Å². The average Bonchev–Trinajstić information content (AvgIpc) is 2.72. The second-order valence-electron chi connectivity index (χ2n) is 3.57. The highest BCUT2D eigenvalue weighted by Crippen LogP contribution is 2.32. The van der Waals surface area contributed by atoms with Gasteiger partial charge in [-0.1, -0.05) is 24.3 Å². The second-order valence-corrected chi connectivity index (χ2v) is 4.57. The van der Waals surface area contributed by atoms with E-state index in [1.165, 1.54) is 18.3 Å². The van der Waals surface area contributed by atoms with Crippen molar-refractivity contribution in [2.45, 2.75) is 20.3 Å². The summed E-state index contributed by atoms with van der Waals surface area (Å²) in [6.45, 7) is 3.53. The summed E-state index contributed by atoms with van der Waals surface area (Å²) < 4.78 is 0. The van der Waals surface area contributed by atoms with Gasteiger partial charge in [-0.2, -0.15) is 0 Å². The van der Waals surface area contributed by atoms with Gasteiger partial charge in [-0.25, -0.2) is 4.98 Å². The number of aryl methyl sites for hydroxylation is 1. The summed E-state index contributed by atoms with van der Waals surface area (Å²) in [5, 5.41) is 3.36. The molecule has 0 bridgehead atoms. The summed E-state index contributed by atoms with van der Waals surface area (Å²) in [7, 11) is 0. The molecule has 2 aromatic heterocycles. The molecule has 0 radical (unpaired) electrons. The molecule has 0 saturated carbocycles. The van der Waals surface area contributed by atoms with Gasteiger partial charge >= 0.3 is 0 Å². The fourth-order valence-corrected chi connectivity index (χ4v) is 2.61. The second kappa shape index (κ2) is 5.05.